The zero-order chi connectivity index (χ0) is 9.56. The lowest BCUT2D eigenvalue weighted by atomic mass is 10.2. The third-order valence-electron chi connectivity index (χ3n) is 1.05. The maximum Gasteiger partial charge on any atom is 0.0992 e. The van der Waals surface area contributed by atoms with Crippen LogP contribution in [0.1, 0.15) is 19.4 Å². The number of hydrogen-bond acceptors (Lipinski definition) is 2. The molecule has 2 N–H and O–H groups in total. The van der Waals surface area contributed by atoms with Crippen molar-refractivity contribution in [3.05, 3.63) is 28.8 Å². The Bertz CT molecular complexity index is 269. The smallest absolute Gasteiger partial charge is 0.0992 e. The lowest BCUT2D eigenvalue weighted by molar-refractivity contribution is 1.48. The highest BCUT2D eigenvalue weighted by molar-refractivity contribution is 6.30. The quantitative estimate of drug-likeness (QED) is 0.628. The van der Waals surface area contributed by atoms with Gasteiger partial charge in [-0.25, -0.2) is 0 Å². The van der Waals surface area contributed by atoms with Gasteiger partial charge in [0.15, 0.2) is 0 Å². The van der Waals surface area contributed by atoms with Crippen LogP contribution in [0.15, 0.2) is 18.2 Å². The number of nitriles is 1. The first kappa shape index (κ1) is 10.8. The minimum Gasteiger partial charge on any atom is -0.399 e. The fraction of sp³-hybridized carbons (Fsp3) is 0.222. The Morgan fingerprint density at radius 2 is 1.92 bits per heavy atom. The van der Waals surface area contributed by atoms with E-state index in [-0.39, 0.29) is 0 Å². The maximum absolute atomic E-state index is 8.42. The second kappa shape index (κ2) is 5.45. The van der Waals surface area contributed by atoms with Gasteiger partial charge in [-0.3, -0.25) is 0 Å². The fourth-order valence-electron chi connectivity index (χ4n) is 0.677. The first-order valence-corrected chi connectivity index (χ1v) is 4.06. The van der Waals surface area contributed by atoms with Gasteiger partial charge < -0.3 is 5.73 Å². The lowest BCUT2D eigenvalue weighted by Gasteiger charge is -1.93. The fourth-order valence-corrected chi connectivity index (χ4v) is 0.920. The van der Waals surface area contributed by atoms with Crippen LogP contribution in [-0.4, -0.2) is 0 Å². The molecule has 0 fully saturated rings. The van der Waals surface area contributed by atoms with E-state index in [0.717, 1.165) is 0 Å². The second-order valence-corrected chi connectivity index (χ2v) is 2.32. The average Bonchev–Trinajstić information content (AvgIpc) is 2.06. The molecule has 0 atom stereocenters. The van der Waals surface area contributed by atoms with Gasteiger partial charge in [-0.1, -0.05) is 25.4 Å². The number of hydrogen-bond donors (Lipinski definition) is 1. The minimum atomic E-state index is 0.491. The molecule has 0 amide bonds. The van der Waals surface area contributed by atoms with E-state index in [2.05, 4.69) is 0 Å². The Morgan fingerprint density at radius 3 is 2.33 bits per heavy atom. The van der Waals surface area contributed by atoms with Gasteiger partial charge in [0.1, 0.15) is 0 Å². The van der Waals surface area contributed by atoms with E-state index in [4.69, 9.17) is 22.6 Å². The number of benzene rings is 1. The van der Waals surface area contributed by atoms with E-state index in [1.807, 2.05) is 19.9 Å². The molecule has 0 aliphatic carbocycles. The third-order valence-corrected chi connectivity index (χ3v) is 1.27. The summed E-state index contributed by atoms with van der Waals surface area (Å²) in [5.74, 6) is 0. The standard InChI is InChI=1S/C7H5ClN2.C2H6/c8-6-1-5(4-9)2-7(10)3-6;1-2/h1-3H,10H2;1-2H3. The van der Waals surface area contributed by atoms with Crippen molar-refractivity contribution in [2.24, 2.45) is 0 Å². The van der Waals surface area contributed by atoms with Crippen molar-refractivity contribution in [3.8, 4) is 6.07 Å². The van der Waals surface area contributed by atoms with Crippen LogP contribution in [0.3, 0.4) is 0 Å². The highest BCUT2D eigenvalue weighted by atomic mass is 35.5. The molecule has 0 aliphatic heterocycles. The molecule has 0 aliphatic rings. The molecular formula is C9H11ClN2. The number of nitrogen functional groups attached to an aromatic ring is 1. The van der Waals surface area contributed by atoms with Gasteiger partial charge in [0.25, 0.3) is 0 Å². The van der Waals surface area contributed by atoms with Gasteiger partial charge in [-0.15, -0.1) is 0 Å². The lowest BCUT2D eigenvalue weighted by Crippen LogP contribution is -1.85. The molecule has 1 aromatic carbocycles. The summed E-state index contributed by atoms with van der Waals surface area (Å²) >= 11 is 5.60. The molecule has 0 heterocycles. The van der Waals surface area contributed by atoms with Gasteiger partial charge in [0, 0.05) is 10.7 Å². The monoisotopic (exact) mass is 182 g/mol. The Morgan fingerprint density at radius 1 is 1.33 bits per heavy atom. The highest BCUT2D eigenvalue weighted by Gasteiger charge is 1.93. The van der Waals surface area contributed by atoms with Crippen LogP contribution in [0, 0.1) is 11.3 Å². The van der Waals surface area contributed by atoms with Crippen LogP contribution < -0.4 is 5.73 Å². The molecule has 64 valence electrons. The molecule has 0 unspecified atom stereocenters. The van der Waals surface area contributed by atoms with Gasteiger partial charge in [-0.2, -0.15) is 5.26 Å². The summed E-state index contributed by atoms with van der Waals surface area (Å²) in [6, 6.07) is 6.69. The van der Waals surface area contributed by atoms with Crippen LogP contribution in [-0.2, 0) is 0 Å². The zero-order valence-corrected chi connectivity index (χ0v) is 7.89. The minimum absolute atomic E-state index is 0.491. The first-order chi connectivity index (χ1) is 5.72. The van der Waals surface area contributed by atoms with Crippen molar-refractivity contribution in [1.29, 1.82) is 5.26 Å². The Labute approximate surface area is 77.6 Å². The van der Waals surface area contributed by atoms with Gasteiger partial charge in [-0.05, 0) is 18.2 Å². The summed E-state index contributed by atoms with van der Waals surface area (Å²) in [4.78, 5) is 0. The molecule has 0 saturated carbocycles. The van der Waals surface area contributed by atoms with Crippen molar-refractivity contribution >= 4 is 17.3 Å². The summed E-state index contributed by atoms with van der Waals surface area (Å²) < 4.78 is 0. The van der Waals surface area contributed by atoms with E-state index in [1.54, 1.807) is 18.2 Å². The number of halogens is 1. The van der Waals surface area contributed by atoms with Crippen molar-refractivity contribution < 1.29 is 0 Å². The predicted molar refractivity (Wildman–Crippen MR) is 51.9 cm³/mol. The normalized spacial score (nSPS) is 7.83. The SMILES string of the molecule is CC.N#Cc1cc(N)cc(Cl)c1. The largest absolute Gasteiger partial charge is 0.399 e. The molecule has 0 aromatic heterocycles. The molecule has 0 radical (unpaired) electrons. The maximum atomic E-state index is 8.42. The third kappa shape index (κ3) is 3.27. The molecule has 1 aromatic rings. The topological polar surface area (TPSA) is 49.8 Å². The number of nitrogens with zero attached hydrogens (tertiary/aromatic N) is 1. The summed E-state index contributed by atoms with van der Waals surface area (Å²) in [5.41, 5.74) is 6.41. The molecule has 1 rings (SSSR count). The summed E-state index contributed by atoms with van der Waals surface area (Å²) in [7, 11) is 0. The van der Waals surface area contributed by atoms with E-state index < -0.39 is 0 Å². The first-order valence-electron chi connectivity index (χ1n) is 3.68. The molecular weight excluding hydrogens is 172 g/mol. The van der Waals surface area contributed by atoms with Crippen molar-refractivity contribution in [3.63, 3.8) is 0 Å². The number of rotatable bonds is 0. The van der Waals surface area contributed by atoms with Gasteiger partial charge in [0.05, 0.1) is 11.6 Å². The zero-order valence-electron chi connectivity index (χ0n) is 7.13. The molecule has 3 heteroatoms. The molecule has 2 nitrogen and oxygen atoms in total. The summed E-state index contributed by atoms with van der Waals surface area (Å²) in [6.07, 6.45) is 0. The van der Waals surface area contributed by atoms with Crippen LogP contribution >= 0.6 is 11.6 Å². The van der Waals surface area contributed by atoms with Crippen molar-refractivity contribution in [2.75, 3.05) is 5.73 Å². The molecule has 0 spiro atoms. The van der Waals surface area contributed by atoms with Crippen LogP contribution in [0.25, 0.3) is 0 Å². The highest BCUT2D eigenvalue weighted by Crippen LogP contribution is 2.15. The molecule has 0 bridgehead atoms. The summed E-state index contributed by atoms with van der Waals surface area (Å²) in [6.45, 7) is 4.00. The van der Waals surface area contributed by atoms with Crippen LogP contribution in [0.5, 0.6) is 0 Å². The van der Waals surface area contributed by atoms with Crippen molar-refractivity contribution in [1.82, 2.24) is 0 Å². The molecule has 0 saturated heterocycles. The predicted octanol–water partition coefficient (Wildman–Crippen LogP) is 2.82. The van der Waals surface area contributed by atoms with Gasteiger partial charge >= 0.3 is 0 Å². The Balaban J connectivity index is 0.000000561. The van der Waals surface area contributed by atoms with E-state index in [9.17, 15) is 0 Å². The van der Waals surface area contributed by atoms with Crippen LogP contribution in [0.4, 0.5) is 5.69 Å². The van der Waals surface area contributed by atoms with E-state index in [1.165, 1.54) is 0 Å². The number of nitrogens with two attached hydrogens (primary N) is 1. The van der Waals surface area contributed by atoms with Crippen LogP contribution in [0.2, 0.25) is 5.02 Å². The van der Waals surface area contributed by atoms with E-state index >= 15 is 0 Å². The van der Waals surface area contributed by atoms with E-state index in [0.29, 0.717) is 16.3 Å². The number of anilines is 1. The Kier molecular flexibility index (Phi) is 4.91. The average molecular weight is 183 g/mol. The van der Waals surface area contributed by atoms with Gasteiger partial charge in [0.2, 0.25) is 0 Å². The molecule has 12 heavy (non-hydrogen) atoms. The summed E-state index contributed by atoms with van der Waals surface area (Å²) in [5, 5.41) is 8.92. The Hall–Kier alpha value is -1.20. The van der Waals surface area contributed by atoms with Crippen molar-refractivity contribution in [2.45, 2.75) is 13.8 Å². The second-order valence-electron chi connectivity index (χ2n) is 1.89.